The van der Waals surface area contributed by atoms with E-state index in [1.807, 2.05) is 30.3 Å². The number of hydrogen-bond donors (Lipinski definition) is 3. The molecule has 0 atom stereocenters. The molecule has 202 valence electrons. The molecule has 39 heavy (non-hydrogen) atoms. The molecule has 1 saturated heterocycles. The number of rotatable bonds is 9. The first-order valence-corrected chi connectivity index (χ1v) is 13.6. The molecule has 0 spiro atoms. The maximum atomic E-state index is 14.8. The van der Waals surface area contributed by atoms with Crippen LogP contribution in [-0.2, 0) is 12.8 Å². The molecule has 2 heterocycles. The molecule has 3 aromatic carbocycles. The Morgan fingerprint density at radius 1 is 1.10 bits per heavy atom. The van der Waals surface area contributed by atoms with Crippen LogP contribution in [0.5, 0.6) is 0 Å². The molecule has 0 radical (unpaired) electrons. The van der Waals surface area contributed by atoms with Gasteiger partial charge in [0.25, 0.3) is 0 Å². The molecule has 1 aliphatic heterocycles. The van der Waals surface area contributed by atoms with Gasteiger partial charge in [-0.2, -0.15) is 0 Å². The van der Waals surface area contributed by atoms with Gasteiger partial charge in [0.1, 0.15) is 5.82 Å². The molecule has 0 amide bonds. The van der Waals surface area contributed by atoms with E-state index in [2.05, 4.69) is 32.7 Å². The summed E-state index contributed by atoms with van der Waals surface area (Å²) in [5.74, 6) is -0.562. The van der Waals surface area contributed by atoms with Gasteiger partial charge >= 0.3 is 0 Å². The van der Waals surface area contributed by atoms with Crippen molar-refractivity contribution in [3.05, 3.63) is 88.3 Å². The number of piperazine rings is 1. The number of carbonyl (C=O) groups excluding carboxylic acids is 1. The number of aromatic nitrogens is 1. The van der Waals surface area contributed by atoms with Gasteiger partial charge in [-0.3, -0.25) is 9.78 Å². The van der Waals surface area contributed by atoms with E-state index in [1.165, 1.54) is 18.6 Å². The molecular formula is C31H32ClFN4O2. The van der Waals surface area contributed by atoms with E-state index in [-0.39, 0.29) is 23.8 Å². The van der Waals surface area contributed by atoms with Crippen molar-refractivity contribution < 1.29 is 14.3 Å². The van der Waals surface area contributed by atoms with Gasteiger partial charge in [-0.1, -0.05) is 29.8 Å². The van der Waals surface area contributed by atoms with Gasteiger partial charge in [0.15, 0.2) is 5.78 Å². The topological polar surface area (TPSA) is 77.5 Å². The first-order chi connectivity index (χ1) is 18.9. The van der Waals surface area contributed by atoms with Crippen molar-refractivity contribution in [2.24, 2.45) is 0 Å². The number of aliphatic hydroxyl groups excluding tert-OH is 1. The molecule has 1 aliphatic rings. The Hall–Kier alpha value is -3.36. The zero-order valence-electron chi connectivity index (χ0n) is 21.9. The van der Waals surface area contributed by atoms with Gasteiger partial charge in [0.2, 0.25) is 0 Å². The van der Waals surface area contributed by atoms with Crippen LogP contribution in [0.15, 0.2) is 60.8 Å². The summed E-state index contributed by atoms with van der Waals surface area (Å²) in [6.45, 7) is 6.52. The van der Waals surface area contributed by atoms with Crippen molar-refractivity contribution in [2.75, 3.05) is 44.6 Å². The fourth-order valence-electron chi connectivity index (χ4n) is 5.06. The number of nitrogens with one attached hydrogen (secondary N) is 2. The first kappa shape index (κ1) is 27.2. The second-order valence-corrected chi connectivity index (χ2v) is 10.3. The Labute approximate surface area is 232 Å². The maximum Gasteiger partial charge on any atom is 0.163 e. The molecule has 0 aliphatic carbocycles. The van der Waals surface area contributed by atoms with Crippen LogP contribution in [0.3, 0.4) is 0 Å². The Kier molecular flexibility index (Phi) is 8.53. The fraction of sp³-hybridized carbons (Fsp3) is 0.290. The zero-order valence-corrected chi connectivity index (χ0v) is 22.7. The molecular weight excluding hydrogens is 515 g/mol. The molecule has 0 bridgehead atoms. The van der Waals surface area contributed by atoms with E-state index in [1.54, 1.807) is 12.3 Å². The molecule has 8 heteroatoms. The number of pyridine rings is 1. The number of aliphatic hydroxyl groups is 1. The van der Waals surface area contributed by atoms with Crippen LogP contribution in [0.1, 0.15) is 28.4 Å². The van der Waals surface area contributed by atoms with E-state index in [0.29, 0.717) is 27.9 Å². The van der Waals surface area contributed by atoms with Crippen LogP contribution < -0.4 is 10.6 Å². The summed E-state index contributed by atoms with van der Waals surface area (Å²) in [7, 11) is 0. The average molecular weight is 547 g/mol. The molecule has 1 fully saturated rings. The highest BCUT2D eigenvalue weighted by Gasteiger charge is 2.16. The van der Waals surface area contributed by atoms with Crippen LogP contribution >= 0.6 is 11.6 Å². The van der Waals surface area contributed by atoms with Crippen LogP contribution in [0.2, 0.25) is 5.02 Å². The first-order valence-electron chi connectivity index (χ1n) is 13.2. The number of halogens is 2. The van der Waals surface area contributed by atoms with E-state index in [9.17, 15) is 14.3 Å². The molecule has 3 N–H and O–H groups in total. The van der Waals surface area contributed by atoms with E-state index in [4.69, 9.17) is 11.6 Å². The van der Waals surface area contributed by atoms with E-state index >= 15 is 0 Å². The maximum absolute atomic E-state index is 14.8. The van der Waals surface area contributed by atoms with Crippen molar-refractivity contribution in [1.82, 2.24) is 15.2 Å². The Morgan fingerprint density at radius 2 is 1.92 bits per heavy atom. The summed E-state index contributed by atoms with van der Waals surface area (Å²) in [4.78, 5) is 19.6. The summed E-state index contributed by atoms with van der Waals surface area (Å²) < 4.78 is 14.8. The van der Waals surface area contributed by atoms with Crippen LogP contribution in [0.25, 0.3) is 22.0 Å². The number of hydrogen-bond acceptors (Lipinski definition) is 6. The van der Waals surface area contributed by atoms with E-state index < -0.39 is 5.82 Å². The van der Waals surface area contributed by atoms with Gasteiger partial charge in [-0.05, 0) is 72.9 Å². The third-order valence-corrected chi connectivity index (χ3v) is 7.54. The van der Waals surface area contributed by atoms with Crippen molar-refractivity contribution in [1.29, 1.82) is 0 Å². The Bertz CT molecular complexity index is 1480. The second kappa shape index (κ2) is 12.2. The van der Waals surface area contributed by atoms with Gasteiger partial charge in [-0.15, -0.1) is 0 Å². The monoisotopic (exact) mass is 546 g/mol. The summed E-state index contributed by atoms with van der Waals surface area (Å²) in [5.41, 5.74) is 5.61. The molecule has 6 nitrogen and oxygen atoms in total. The quantitative estimate of drug-likeness (QED) is 0.236. The highest BCUT2D eigenvalue weighted by atomic mass is 35.5. The number of benzene rings is 3. The minimum absolute atomic E-state index is 0.102. The van der Waals surface area contributed by atoms with Gasteiger partial charge in [-0.25, -0.2) is 4.39 Å². The lowest BCUT2D eigenvalue weighted by atomic mass is 9.98. The van der Waals surface area contributed by atoms with Crippen molar-refractivity contribution in [3.63, 3.8) is 0 Å². The summed E-state index contributed by atoms with van der Waals surface area (Å²) >= 11 is 6.35. The van der Waals surface area contributed by atoms with Crippen molar-refractivity contribution >= 4 is 39.7 Å². The SMILES string of the molecule is CC(=O)c1cnc2ccc(-c3cc(F)c(CCO)c(Cl)c3)cc2c1Nc1cccc(CCN2CCNCC2)c1. The van der Waals surface area contributed by atoms with Crippen LogP contribution in [0.4, 0.5) is 15.8 Å². The number of nitrogens with zero attached hydrogens (tertiary/aromatic N) is 2. The van der Waals surface area contributed by atoms with Crippen molar-refractivity contribution in [2.45, 2.75) is 19.8 Å². The zero-order chi connectivity index (χ0) is 27.4. The predicted molar refractivity (Wildman–Crippen MR) is 156 cm³/mol. The van der Waals surface area contributed by atoms with Gasteiger partial charge in [0, 0.05) is 67.2 Å². The van der Waals surface area contributed by atoms with Gasteiger partial charge in [0.05, 0.1) is 16.8 Å². The lowest BCUT2D eigenvalue weighted by Crippen LogP contribution is -2.44. The average Bonchev–Trinajstić information content (AvgIpc) is 2.94. The smallest absolute Gasteiger partial charge is 0.163 e. The molecule has 4 aromatic rings. The third-order valence-electron chi connectivity index (χ3n) is 7.21. The number of ketones is 1. The molecule has 0 saturated carbocycles. The number of Topliss-reactive ketones (excluding diaryl/α,β-unsaturated/α-hetero) is 1. The van der Waals surface area contributed by atoms with Crippen LogP contribution in [-0.4, -0.2) is 60.1 Å². The van der Waals surface area contributed by atoms with Crippen molar-refractivity contribution in [3.8, 4) is 11.1 Å². The van der Waals surface area contributed by atoms with E-state index in [0.717, 1.165) is 55.8 Å². The lowest BCUT2D eigenvalue weighted by molar-refractivity contribution is 0.101. The summed E-state index contributed by atoms with van der Waals surface area (Å²) in [6.07, 6.45) is 2.69. The summed E-state index contributed by atoms with van der Waals surface area (Å²) in [6, 6.07) is 17.0. The molecule has 5 rings (SSSR count). The summed E-state index contributed by atoms with van der Waals surface area (Å²) in [5, 5.41) is 17.1. The Balaban J connectivity index is 1.49. The highest BCUT2D eigenvalue weighted by molar-refractivity contribution is 6.31. The normalized spacial score (nSPS) is 14.1. The largest absolute Gasteiger partial charge is 0.396 e. The predicted octanol–water partition coefficient (Wildman–Crippen LogP) is 5.62. The molecule has 1 aromatic heterocycles. The lowest BCUT2D eigenvalue weighted by Gasteiger charge is -2.27. The molecule has 0 unspecified atom stereocenters. The number of anilines is 2. The highest BCUT2D eigenvalue weighted by Crippen LogP contribution is 2.35. The minimum Gasteiger partial charge on any atom is -0.396 e. The second-order valence-electron chi connectivity index (χ2n) is 9.89. The third kappa shape index (κ3) is 6.28. The Morgan fingerprint density at radius 3 is 2.67 bits per heavy atom. The number of fused-ring (bicyclic) bond motifs is 1. The fourth-order valence-corrected chi connectivity index (χ4v) is 5.37. The standard InChI is InChI=1S/C31H32ClFN4O2/c1-20(39)27-19-35-30-6-5-22(23-17-28(32)25(8-14-38)29(33)18-23)16-26(30)31(27)36-24-4-2-3-21(15-24)7-11-37-12-9-34-10-13-37/h2-6,15-19,34,38H,7-14H2,1H3,(H,35,36). The minimum atomic E-state index is -0.460. The number of carbonyl (C=O) groups is 1. The van der Waals surface area contributed by atoms with Crippen LogP contribution in [0, 0.1) is 5.82 Å². The van der Waals surface area contributed by atoms with Gasteiger partial charge < -0.3 is 20.6 Å².